The van der Waals surface area contributed by atoms with Crippen molar-refractivity contribution in [3.63, 3.8) is 0 Å². The van der Waals surface area contributed by atoms with Gasteiger partial charge in [0.15, 0.2) is 0 Å². The lowest BCUT2D eigenvalue weighted by atomic mass is 10.2. The van der Waals surface area contributed by atoms with Crippen molar-refractivity contribution in [2.24, 2.45) is 0 Å². The Bertz CT molecular complexity index is 1550. The number of phenols is 2. The molecule has 2 aliphatic heterocycles. The second-order valence-electron chi connectivity index (χ2n) is 9.55. The summed E-state index contributed by atoms with van der Waals surface area (Å²) in [6.45, 7) is 0.176. The minimum Gasteiger partial charge on any atom is -0.507 e. The van der Waals surface area contributed by atoms with Crippen LogP contribution in [0.15, 0.2) is 58.3 Å². The molecular formula is C28H26N6O8S4. The highest BCUT2D eigenvalue weighted by Gasteiger charge is 2.41. The molecule has 2 saturated heterocycles. The fraction of sp³-hybridized carbons (Fsp3) is 0.214. The highest BCUT2D eigenvalue weighted by molar-refractivity contribution is 8.29. The molecule has 2 aliphatic rings. The van der Waals surface area contributed by atoms with Crippen LogP contribution < -0.4 is 21.7 Å². The summed E-state index contributed by atoms with van der Waals surface area (Å²) in [6, 6.07) is 11.7. The van der Waals surface area contributed by atoms with Gasteiger partial charge in [0.05, 0.1) is 20.9 Å². The van der Waals surface area contributed by atoms with E-state index in [0.29, 0.717) is 0 Å². The number of hydrogen-bond donors (Lipinski definition) is 6. The van der Waals surface area contributed by atoms with Crippen LogP contribution in [0.25, 0.3) is 0 Å². The fourth-order valence-electron chi connectivity index (χ4n) is 4.10. The van der Waals surface area contributed by atoms with Crippen molar-refractivity contribution in [3.05, 3.63) is 69.5 Å². The molecule has 0 radical (unpaired) electrons. The lowest BCUT2D eigenvalue weighted by molar-refractivity contribution is -0.125. The maximum absolute atomic E-state index is 13.1. The van der Waals surface area contributed by atoms with E-state index in [4.69, 9.17) is 24.4 Å². The smallest absolute Gasteiger partial charge is 0.273 e. The van der Waals surface area contributed by atoms with E-state index in [1.165, 1.54) is 34.1 Å². The Morgan fingerprint density at radius 2 is 1.00 bits per heavy atom. The van der Waals surface area contributed by atoms with Gasteiger partial charge in [-0.3, -0.25) is 60.3 Å². The van der Waals surface area contributed by atoms with Crippen molar-refractivity contribution in [1.82, 2.24) is 31.5 Å². The first-order valence-electron chi connectivity index (χ1n) is 13.5. The number of nitrogens with zero attached hydrogens (tertiary/aromatic N) is 2. The van der Waals surface area contributed by atoms with Crippen LogP contribution in [-0.4, -0.2) is 77.2 Å². The number of amides is 6. The van der Waals surface area contributed by atoms with Gasteiger partial charge in [0.1, 0.15) is 20.1 Å². The van der Waals surface area contributed by atoms with Crippen LogP contribution >= 0.6 is 48.0 Å². The van der Waals surface area contributed by atoms with E-state index in [0.717, 1.165) is 23.5 Å². The summed E-state index contributed by atoms with van der Waals surface area (Å²) in [5, 5.41) is 19.5. The number of thioether (sulfide) groups is 2. The Kier molecular flexibility index (Phi) is 11.7. The molecule has 0 atom stereocenters. The molecule has 0 unspecified atom stereocenters. The molecular weight excluding hydrogens is 677 g/mol. The summed E-state index contributed by atoms with van der Waals surface area (Å²) in [6.07, 6.45) is 0.297. The third kappa shape index (κ3) is 8.39. The normalized spacial score (nSPS) is 16.1. The van der Waals surface area contributed by atoms with Gasteiger partial charge in [-0.2, -0.15) is 0 Å². The van der Waals surface area contributed by atoms with Crippen molar-refractivity contribution < 1.29 is 39.0 Å². The maximum Gasteiger partial charge on any atom is 0.273 e. The third-order valence-corrected chi connectivity index (χ3v) is 9.43. The summed E-state index contributed by atoms with van der Waals surface area (Å²) < 4.78 is 0.419. The molecule has 2 heterocycles. The number of rotatable bonds is 10. The van der Waals surface area contributed by atoms with E-state index in [-0.39, 0.29) is 79.9 Å². The Morgan fingerprint density at radius 3 is 1.37 bits per heavy atom. The second kappa shape index (κ2) is 15.7. The quantitative estimate of drug-likeness (QED) is 0.120. The molecule has 2 aromatic carbocycles. The fourth-order valence-corrected chi connectivity index (χ4v) is 6.87. The van der Waals surface area contributed by atoms with Crippen LogP contribution in [0, 0.1) is 0 Å². The average Bonchev–Trinajstić information content (AvgIpc) is 3.47. The van der Waals surface area contributed by atoms with Gasteiger partial charge in [-0.25, -0.2) is 0 Å². The highest BCUT2D eigenvalue weighted by Crippen LogP contribution is 2.42. The Morgan fingerprint density at radius 1 is 0.630 bits per heavy atom. The Balaban J connectivity index is 1.22. The number of aromatic hydroxyl groups is 2. The van der Waals surface area contributed by atoms with Gasteiger partial charge in [0.25, 0.3) is 23.6 Å². The molecule has 0 bridgehead atoms. The van der Waals surface area contributed by atoms with Crippen molar-refractivity contribution in [1.29, 1.82) is 0 Å². The Labute approximate surface area is 281 Å². The monoisotopic (exact) mass is 702 g/mol. The molecule has 240 valence electrons. The topological polar surface area (TPSA) is 197 Å². The first kappa shape index (κ1) is 34.4. The molecule has 0 aromatic heterocycles. The molecule has 6 N–H and O–H groups in total. The number of para-hydroxylation sites is 2. The lowest BCUT2D eigenvalue weighted by Crippen LogP contribution is -2.42. The number of phenolic OH excluding ortho intramolecular Hbond substituents is 2. The summed E-state index contributed by atoms with van der Waals surface area (Å²) in [7, 11) is 0. The number of benzene rings is 2. The maximum atomic E-state index is 13.1. The van der Waals surface area contributed by atoms with Crippen LogP contribution in [-0.2, 0) is 19.2 Å². The van der Waals surface area contributed by atoms with Crippen LogP contribution in [0.5, 0.6) is 11.5 Å². The molecule has 0 saturated carbocycles. The van der Waals surface area contributed by atoms with Crippen molar-refractivity contribution in [3.8, 4) is 11.5 Å². The first-order valence-corrected chi connectivity index (χ1v) is 16.0. The molecule has 14 nitrogen and oxygen atoms in total. The van der Waals surface area contributed by atoms with E-state index in [2.05, 4.69) is 21.7 Å². The van der Waals surface area contributed by atoms with Crippen molar-refractivity contribution in [2.75, 3.05) is 13.1 Å². The highest BCUT2D eigenvalue weighted by atomic mass is 32.2. The van der Waals surface area contributed by atoms with E-state index in [1.54, 1.807) is 24.3 Å². The number of hydrogen-bond acceptors (Lipinski definition) is 12. The van der Waals surface area contributed by atoms with Gasteiger partial charge >= 0.3 is 0 Å². The molecule has 18 heteroatoms. The van der Waals surface area contributed by atoms with Gasteiger partial charge in [-0.15, -0.1) is 0 Å². The summed E-state index contributed by atoms with van der Waals surface area (Å²) in [5.41, 5.74) is 8.90. The van der Waals surface area contributed by atoms with Gasteiger partial charge in [-0.1, -0.05) is 72.2 Å². The average molecular weight is 703 g/mol. The number of nitrogens with one attached hydrogen (secondary N) is 4. The zero-order chi connectivity index (χ0) is 33.4. The van der Waals surface area contributed by atoms with Crippen LogP contribution in [0.1, 0.15) is 46.4 Å². The summed E-state index contributed by atoms with van der Waals surface area (Å²) in [4.78, 5) is 77.7. The van der Waals surface area contributed by atoms with E-state index >= 15 is 0 Å². The Hall–Kier alpha value is -4.52. The van der Waals surface area contributed by atoms with Crippen LogP contribution in [0.4, 0.5) is 0 Å². The predicted molar refractivity (Wildman–Crippen MR) is 177 cm³/mol. The van der Waals surface area contributed by atoms with Gasteiger partial charge in [0.2, 0.25) is 11.8 Å². The SMILES string of the molecule is O=C(CCCN1C(=O)/C(=C2\SC(=S)N(CCCC(=O)NNC(=O)c3ccccc3O)C2=O)SC1=S)NNC(=O)c1ccccc1O. The minimum absolute atomic E-state index is 0.0108. The molecule has 6 amide bonds. The summed E-state index contributed by atoms with van der Waals surface area (Å²) >= 11 is 12.6. The van der Waals surface area contributed by atoms with Crippen molar-refractivity contribution >= 4 is 92.0 Å². The van der Waals surface area contributed by atoms with Gasteiger partial charge in [-0.05, 0) is 37.1 Å². The molecule has 0 aliphatic carbocycles. The molecule has 2 aromatic rings. The minimum atomic E-state index is -0.696. The number of carbonyl (C=O) groups is 6. The second-order valence-corrected chi connectivity index (χ2v) is 12.8. The molecule has 2 fully saturated rings. The number of carbonyl (C=O) groups excluding carboxylic acids is 6. The summed E-state index contributed by atoms with van der Waals surface area (Å²) in [5.74, 6) is -3.92. The van der Waals surface area contributed by atoms with Crippen molar-refractivity contribution in [2.45, 2.75) is 25.7 Å². The number of thiocarbonyl (C=S) groups is 2. The van der Waals surface area contributed by atoms with Gasteiger partial charge < -0.3 is 10.2 Å². The third-order valence-electron chi connectivity index (χ3n) is 6.40. The first-order chi connectivity index (χ1) is 22.0. The number of hydrazine groups is 2. The van der Waals surface area contributed by atoms with E-state index in [1.807, 2.05) is 0 Å². The largest absolute Gasteiger partial charge is 0.507 e. The van der Waals surface area contributed by atoms with Gasteiger partial charge in [0, 0.05) is 25.9 Å². The van der Waals surface area contributed by atoms with E-state index < -0.39 is 35.4 Å². The molecule has 46 heavy (non-hydrogen) atoms. The lowest BCUT2D eigenvalue weighted by Gasteiger charge is -2.15. The zero-order valence-electron chi connectivity index (χ0n) is 23.7. The molecule has 4 rings (SSSR count). The van der Waals surface area contributed by atoms with Crippen LogP contribution in [0.2, 0.25) is 0 Å². The predicted octanol–water partition coefficient (Wildman–Crippen LogP) is 1.81. The standard InChI is InChI=1S/C28H26N6O8S4/c35-17-9-3-1-7-15(17)23(39)31-29-19(37)11-5-13-33-25(41)21(45-27(33)43)22-26(42)34(28(44)46-22)14-6-12-20(38)30-32-24(40)16-8-2-4-10-18(16)36/h1-4,7-10,35-36H,5-6,11-14H2,(H,29,37)(H,30,38)(H,31,39)(H,32,40)/b22-21+. The van der Waals surface area contributed by atoms with E-state index in [9.17, 15) is 39.0 Å². The van der Waals surface area contributed by atoms with Crippen LogP contribution in [0.3, 0.4) is 0 Å². The molecule has 0 spiro atoms. The zero-order valence-corrected chi connectivity index (χ0v) is 27.0.